The van der Waals surface area contributed by atoms with Gasteiger partial charge in [-0.2, -0.15) is 0 Å². The van der Waals surface area contributed by atoms with Crippen molar-refractivity contribution in [1.29, 1.82) is 0 Å². The first-order valence-electron chi connectivity index (χ1n) is 5.79. The molecule has 1 rings (SSSR count). The molecule has 0 saturated heterocycles. The number of nitrogens with zero attached hydrogens (tertiary/aromatic N) is 1. The Bertz CT molecular complexity index is 477. The molecule has 7 heteroatoms. The summed E-state index contributed by atoms with van der Waals surface area (Å²) in [5, 5.41) is 19.9. The number of carboxylic acids is 1. The summed E-state index contributed by atoms with van der Waals surface area (Å²) in [5.74, 6) is -1.15. The van der Waals surface area contributed by atoms with Crippen LogP contribution >= 0.6 is 15.9 Å². The van der Waals surface area contributed by atoms with E-state index in [9.17, 15) is 14.9 Å². The van der Waals surface area contributed by atoms with E-state index in [0.717, 1.165) is 6.42 Å². The number of halogens is 1. The molecule has 19 heavy (non-hydrogen) atoms. The standard InChI is InChI=1S/C12H14BrNO5/c1-2-3-4-11(12(15)16)19-10-6-5-8(13)7-9(10)14(17)18/h5-7,11H,2-4H2,1H3,(H,15,16). The van der Waals surface area contributed by atoms with Crippen LogP contribution in [0.4, 0.5) is 5.69 Å². The average molecular weight is 332 g/mol. The summed E-state index contributed by atoms with van der Waals surface area (Å²) in [5.41, 5.74) is -0.253. The Kier molecular flexibility index (Phi) is 5.75. The maximum absolute atomic E-state index is 11.1. The number of nitro groups is 1. The molecular weight excluding hydrogens is 318 g/mol. The summed E-state index contributed by atoms with van der Waals surface area (Å²) in [7, 11) is 0. The number of hydrogen-bond acceptors (Lipinski definition) is 4. The zero-order valence-electron chi connectivity index (χ0n) is 10.3. The van der Waals surface area contributed by atoms with Gasteiger partial charge in [0.15, 0.2) is 11.9 Å². The fourth-order valence-electron chi connectivity index (χ4n) is 1.51. The molecule has 0 aliphatic carbocycles. The van der Waals surface area contributed by atoms with E-state index in [1.54, 1.807) is 6.07 Å². The van der Waals surface area contributed by atoms with E-state index in [2.05, 4.69) is 15.9 Å². The average Bonchev–Trinajstić information content (AvgIpc) is 2.35. The fourth-order valence-corrected chi connectivity index (χ4v) is 1.86. The third kappa shape index (κ3) is 4.51. The van der Waals surface area contributed by atoms with Gasteiger partial charge in [-0.3, -0.25) is 10.1 Å². The Morgan fingerprint density at radius 2 is 2.26 bits per heavy atom. The van der Waals surface area contributed by atoms with Gasteiger partial charge >= 0.3 is 11.7 Å². The lowest BCUT2D eigenvalue weighted by atomic mass is 10.1. The molecule has 6 nitrogen and oxygen atoms in total. The molecule has 1 aromatic rings. The third-order valence-corrected chi connectivity index (χ3v) is 2.98. The number of aliphatic carboxylic acids is 1. The molecular formula is C12H14BrNO5. The molecule has 0 fully saturated rings. The Labute approximate surface area is 118 Å². The summed E-state index contributed by atoms with van der Waals surface area (Å²) in [6.45, 7) is 1.93. The first-order valence-corrected chi connectivity index (χ1v) is 6.58. The summed E-state index contributed by atoms with van der Waals surface area (Å²) >= 11 is 3.13. The second kappa shape index (κ2) is 7.08. The van der Waals surface area contributed by atoms with Gasteiger partial charge < -0.3 is 9.84 Å². The molecule has 0 aliphatic heterocycles. The number of benzene rings is 1. The van der Waals surface area contributed by atoms with Crippen molar-refractivity contribution in [2.45, 2.75) is 32.3 Å². The van der Waals surface area contributed by atoms with Gasteiger partial charge in [0, 0.05) is 10.5 Å². The first-order chi connectivity index (χ1) is 8.95. The monoisotopic (exact) mass is 331 g/mol. The Morgan fingerprint density at radius 1 is 1.58 bits per heavy atom. The Balaban J connectivity index is 2.95. The lowest BCUT2D eigenvalue weighted by Gasteiger charge is -2.14. The van der Waals surface area contributed by atoms with Gasteiger partial charge in [0.25, 0.3) is 0 Å². The Morgan fingerprint density at radius 3 is 2.79 bits per heavy atom. The van der Waals surface area contributed by atoms with Gasteiger partial charge in [-0.25, -0.2) is 4.79 Å². The number of carboxylic acid groups (broad SMARTS) is 1. The van der Waals surface area contributed by atoms with E-state index in [1.165, 1.54) is 12.1 Å². The molecule has 0 bridgehead atoms. The second-order valence-corrected chi connectivity index (χ2v) is 4.87. The number of ether oxygens (including phenoxy) is 1. The van der Waals surface area contributed by atoms with E-state index in [-0.39, 0.29) is 11.4 Å². The first kappa shape index (κ1) is 15.4. The van der Waals surface area contributed by atoms with Crippen LogP contribution in [0.25, 0.3) is 0 Å². The number of hydrogen-bond donors (Lipinski definition) is 1. The molecule has 1 N–H and O–H groups in total. The van der Waals surface area contributed by atoms with Crippen molar-refractivity contribution in [1.82, 2.24) is 0 Å². The minimum atomic E-state index is -1.12. The highest BCUT2D eigenvalue weighted by atomic mass is 79.9. The topological polar surface area (TPSA) is 89.7 Å². The van der Waals surface area contributed by atoms with Crippen LogP contribution in [0.2, 0.25) is 0 Å². The molecule has 0 heterocycles. The van der Waals surface area contributed by atoms with Crippen LogP contribution in [0, 0.1) is 10.1 Å². The number of unbranched alkanes of at least 4 members (excludes halogenated alkanes) is 1. The van der Waals surface area contributed by atoms with E-state index >= 15 is 0 Å². The van der Waals surface area contributed by atoms with Crippen molar-refractivity contribution in [3.8, 4) is 5.75 Å². The smallest absolute Gasteiger partial charge is 0.344 e. The van der Waals surface area contributed by atoms with Crippen molar-refractivity contribution >= 4 is 27.6 Å². The van der Waals surface area contributed by atoms with E-state index < -0.39 is 17.0 Å². The maximum atomic E-state index is 11.1. The largest absolute Gasteiger partial charge is 0.479 e. The van der Waals surface area contributed by atoms with E-state index in [1.807, 2.05) is 6.92 Å². The predicted octanol–water partition coefficient (Wildman–Crippen LogP) is 3.38. The number of carbonyl (C=O) groups is 1. The molecule has 0 radical (unpaired) electrons. The molecule has 1 atom stereocenters. The van der Waals surface area contributed by atoms with Crippen LogP contribution in [0.3, 0.4) is 0 Å². The van der Waals surface area contributed by atoms with Crippen molar-refractivity contribution in [3.05, 3.63) is 32.8 Å². The highest BCUT2D eigenvalue weighted by Crippen LogP contribution is 2.31. The van der Waals surface area contributed by atoms with Gasteiger partial charge in [0.05, 0.1) is 4.92 Å². The molecule has 0 saturated carbocycles. The Hall–Kier alpha value is -1.63. The van der Waals surface area contributed by atoms with E-state index in [0.29, 0.717) is 17.3 Å². The molecule has 0 spiro atoms. The SMILES string of the molecule is CCCCC(Oc1ccc(Br)cc1[N+](=O)[O-])C(=O)O. The third-order valence-electron chi connectivity index (χ3n) is 2.48. The molecule has 0 aromatic heterocycles. The quantitative estimate of drug-likeness (QED) is 0.611. The van der Waals surface area contributed by atoms with Crippen LogP contribution in [-0.2, 0) is 4.79 Å². The molecule has 0 amide bonds. The maximum Gasteiger partial charge on any atom is 0.344 e. The lowest BCUT2D eigenvalue weighted by Crippen LogP contribution is -2.27. The second-order valence-electron chi connectivity index (χ2n) is 3.96. The molecule has 1 unspecified atom stereocenters. The predicted molar refractivity (Wildman–Crippen MR) is 72.4 cm³/mol. The highest BCUT2D eigenvalue weighted by molar-refractivity contribution is 9.10. The van der Waals surface area contributed by atoms with Crippen molar-refractivity contribution in [2.24, 2.45) is 0 Å². The van der Waals surface area contributed by atoms with Gasteiger partial charge in [0.1, 0.15) is 0 Å². The van der Waals surface area contributed by atoms with Crippen LogP contribution in [-0.4, -0.2) is 22.1 Å². The van der Waals surface area contributed by atoms with Crippen LogP contribution < -0.4 is 4.74 Å². The number of rotatable bonds is 7. The van der Waals surface area contributed by atoms with Crippen LogP contribution in [0.1, 0.15) is 26.2 Å². The zero-order chi connectivity index (χ0) is 14.4. The highest BCUT2D eigenvalue weighted by Gasteiger charge is 2.23. The summed E-state index contributed by atoms with van der Waals surface area (Å²) in [6, 6.07) is 4.25. The molecule has 104 valence electrons. The van der Waals surface area contributed by atoms with Crippen molar-refractivity contribution in [2.75, 3.05) is 0 Å². The minimum absolute atomic E-state index is 0.0308. The zero-order valence-corrected chi connectivity index (χ0v) is 11.9. The normalized spacial score (nSPS) is 11.9. The summed E-state index contributed by atoms with van der Waals surface area (Å²) in [4.78, 5) is 21.4. The van der Waals surface area contributed by atoms with Crippen molar-refractivity contribution < 1.29 is 19.6 Å². The van der Waals surface area contributed by atoms with Crippen molar-refractivity contribution in [3.63, 3.8) is 0 Å². The minimum Gasteiger partial charge on any atom is -0.479 e. The van der Waals surface area contributed by atoms with Crippen LogP contribution in [0.5, 0.6) is 5.75 Å². The van der Waals surface area contributed by atoms with Gasteiger partial charge in [-0.05, 0) is 25.0 Å². The molecule has 1 aromatic carbocycles. The summed E-state index contributed by atoms with van der Waals surface area (Å²) < 4.78 is 5.80. The number of nitro benzene ring substituents is 1. The summed E-state index contributed by atoms with van der Waals surface area (Å²) in [6.07, 6.45) is 0.760. The fraction of sp³-hybridized carbons (Fsp3) is 0.417. The van der Waals surface area contributed by atoms with E-state index in [4.69, 9.17) is 9.84 Å². The lowest BCUT2D eigenvalue weighted by molar-refractivity contribution is -0.386. The molecule has 0 aliphatic rings. The van der Waals surface area contributed by atoms with Gasteiger partial charge in [-0.1, -0.05) is 29.3 Å². The van der Waals surface area contributed by atoms with Gasteiger partial charge in [0.2, 0.25) is 0 Å². The van der Waals surface area contributed by atoms with Gasteiger partial charge in [-0.15, -0.1) is 0 Å². The van der Waals surface area contributed by atoms with Crippen LogP contribution in [0.15, 0.2) is 22.7 Å².